The van der Waals surface area contributed by atoms with Crippen LogP contribution in [0.25, 0.3) is 6.08 Å². The van der Waals surface area contributed by atoms with Crippen molar-refractivity contribution in [2.24, 2.45) is 0 Å². The topological polar surface area (TPSA) is 32.8 Å². The third-order valence-corrected chi connectivity index (χ3v) is 6.62. The Morgan fingerprint density at radius 2 is 1.47 bits per heavy atom. The summed E-state index contributed by atoms with van der Waals surface area (Å²) in [4.78, 5) is 17.1. The number of ether oxygens (including phenoxy) is 1. The van der Waals surface area contributed by atoms with Gasteiger partial charge in [0.05, 0.1) is 6.61 Å². The highest BCUT2D eigenvalue weighted by atomic mass is 19.1. The minimum absolute atomic E-state index is 0.0155. The largest absolute Gasteiger partial charge is 0.367 e. The average Bonchev–Trinajstić information content (AvgIpc) is 2.89. The summed E-state index contributed by atoms with van der Waals surface area (Å²) in [5.41, 5.74) is 2.62. The van der Waals surface area contributed by atoms with Crippen molar-refractivity contribution in [2.75, 3.05) is 26.2 Å². The van der Waals surface area contributed by atoms with Crippen LogP contribution in [-0.2, 0) is 9.53 Å². The molecule has 2 atom stereocenters. The van der Waals surface area contributed by atoms with Crippen LogP contribution in [0.3, 0.4) is 0 Å². The lowest BCUT2D eigenvalue weighted by Crippen LogP contribution is -2.58. The maximum absolute atomic E-state index is 13.5. The molecule has 1 heterocycles. The molecular weight excluding hydrogens is 458 g/mol. The number of amides is 1. The molecule has 188 valence electrons. The van der Waals surface area contributed by atoms with Gasteiger partial charge in [-0.25, -0.2) is 8.78 Å². The SMILES string of the molecule is C[C@@H]1CN(CCOC(c2ccc(F)cc2)c2ccc(F)cc2)[C@@H](C)CN1C(=O)/C=C/c1ccccc1. The first kappa shape index (κ1) is 25.7. The molecule has 36 heavy (non-hydrogen) atoms. The van der Waals surface area contributed by atoms with Crippen LogP contribution in [0.5, 0.6) is 0 Å². The molecule has 4 rings (SSSR count). The van der Waals surface area contributed by atoms with Crippen molar-refractivity contribution in [1.82, 2.24) is 9.80 Å². The van der Waals surface area contributed by atoms with Gasteiger partial charge in [-0.3, -0.25) is 9.69 Å². The highest BCUT2D eigenvalue weighted by molar-refractivity contribution is 5.92. The van der Waals surface area contributed by atoms with Gasteiger partial charge in [-0.05, 0) is 60.9 Å². The Balaban J connectivity index is 1.35. The van der Waals surface area contributed by atoms with Crippen LogP contribution in [0, 0.1) is 11.6 Å². The Bertz CT molecular complexity index is 1100. The van der Waals surface area contributed by atoms with Gasteiger partial charge in [-0.2, -0.15) is 0 Å². The predicted octanol–water partition coefficient (Wildman–Crippen LogP) is 5.71. The third kappa shape index (κ3) is 6.65. The molecule has 0 bridgehead atoms. The number of halogens is 2. The standard InChI is InChI=1S/C30H32F2N2O2/c1-22-21-34(29(35)17-8-24-6-4-3-5-7-24)23(2)20-33(22)18-19-36-30(25-9-13-27(31)14-10-25)26-11-15-28(32)16-12-26/h3-17,22-23,30H,18-21H2,1-2H3/b17-8+/t22-,23+/m0/s1. The fourth-order valence-electron chi connectivity index (χ4n) is 4.59. The number of rotatable bonds is 8. The monoisotopic (exact) mass is 490 g/mol. The van der Waals surface area contributed by atoms with Crippen LogP contribution in [0.1, 0.15) is 36.6 Å². The molecule has 3 aromatic carbocycles. The Morgan fingerprint density at radius 1 is 0.889 bits per heavy atom. The van der Waals surface area contributed by atoms with E-state index in [1.807, 2.05) is 41.3 Å². The van der Waals surface area contributed by atoms with Crippen molar-refractivity contribution >= 4 is 12.0 Å². The number of hydrogen-bond donors (Lipinski definition) is 0. The Labute approximate surface area is 211 Å². The van der Waals surface area contributed by atoms with E-state index in [1.165, 1.54) is 24.3 Å². The normalized spacial score (nSPS) is 18.8. The molecule has 0 unspecified atom stereocenters. The van der Waals surface area contributed by atoms with Crippen molar-refractivity contribution in [3.8, 4) is 0 Å². The van der Waals surface area contributed by atoms with E-state index in [-0.39, 0.29) is 29.6 Å². The second-order valence-corrected chi connectivity index (χ2v) is 9.28. The quantitative estimate of drug-likeness (QED) is 0.380. The van der Waals surface area contributed by atoms with Crippen LogP contribution in [0.2, 0.25) is 0 Å². The van der Waals surface area contributed by atoms with Gasteiger partial charge in [0.25, 0.3) is 0 Å². The molecule has 1 aliphatic rings. The number of hydrogen-bond acceptors (Lipinski definition) is 3. The number of benzene rings is 3. The zero-order valence-corrected chi connectivity index (χ0v) is 20.7. The van der Waals surface area contributed by atoms with Crippen molar-refractivity contribution in [1.29, 1.82) is 0 Å². The molecular formula is C30H32F2N2O2. The number of carbonyl (C=O) groups is 1. The smallest absolute Gasteiger partial charge is 0.246 e. The van der Waals surface area contributed by atoms with E-state index in [9.17, 15) is 13.6 Å². The summed E-state index contributed by atoms with van der Waals surface area (Å²) >= 11 is 0. The number of piperazine rings is 1. The van der Waals surface area contributed by atoms with Crippen LogP contribution in [0.15, 0.2) is 84.9 Å². The summed E-state index contributed by atoms with van der Waals surface area (Å²) < 4.78 is 33.2. The van der Waals surface area contributed by atoms with Crippen molar-refractivity contribution < 1.29 is 18.3 Å². The van der Waals surface area contributed by atoms with E-state index in [1.54, 1.807) is 30.3 Å². The fraction of sp³-hybridized carbons (Fsp3) is 0.300. The van der Waals surface area contributed by atoms with Crippen LogP contribution >= 0.6 is 0 Å². The van der Waals surface area contributed by atoms with E-state index in [0.717, 1.165) is 23.2 Å². The highest BCUT2D eigenvalue weighted by Crippen LogP contribution is 2.27. The zero-order valence-electron chi connectivity index (χ0n) is 20.7. The summed E-state index contributed by atoms with van der Waals surface area (Å²) in [6.45, 7) is 6.69. The first-order valence-corrected chi connectivity index (χ1v) is 12.3. The van der Waals surface area contributed by atoms with Gasteiger partial charge in [0.2, 0.25) is 5.91 Å². The molecule has 0 saturated carbocycles. The summed E-state index contributed by atoms with van der Waals surface area (Å²) in [5, 5.41) is 0. The first-order valence-electron chi connectivity index (χ1n) is 12.3. The molecule has 1 amide bonds. The minimum atomic E-state index is -0.426. The molecule has 4 nitrogen and oxygen atoms in total. The fourth-order valence-corrected chi connectivity index (χ4v) is 4.59. The van der Waals surface area contributed by atoms with Gasteiger partial charge in [-0.15, -0.1) is 0 Å². The maximum Gasteiger partial charge on any atom is 0.246 e. The lowest BCUT2D eigenvalue weighted by Gasteiger charge is -2.44. The second-order valence-electron chi connectivity index (χ2n) is 9.28. The Morgan fingerprint density at radius 3 is 2.06 bits per heavy atom. The molecule has 3 aromatic rings. The van der Waals surface area contributed by atoms with Gasteiger partial charge in [0.1, 0.15) is 17.7 Å². The predicted molar refractivity (Wildman–Crippen MR) is 138 cm³/mol. The lowest BCUT2D eigenvalue weighted by molar-refractivity contribution is -0.132. The molecule has 0 N–H and O–H groups in total. The van der Waals surface area contributed by atoms with Crippen molar-refractivity contribution in [3.63, 3.8) is 0 Å². The summed E-state index contributed by atoms with van der Waals surface area (Å²) in [5.74, 6) is -0.613. The molecule has 0 radical (unpaired) electrons. The third-order valence-electron chi connectivity index (χ3n) is 6.62. The number of nitrogens with zero attached hydrogens (tertiary/aromatic N) is 2. The lowest BCUT2D eigenvalue weighted by atomic mass is 10.0. The van der Waals surface area contributed by atoms with Crippen LogP contribution < -0.4 is 0 Å². The van der Waals surface area contributed by atoms with Crippen LogP contribution in [0.4, 0.5) is 8.78 Å². The molecule has 6 heteroatoms. The summed E-state index contributed by atoms with van der Waals surface area (Å²) in [6, 6.07) is 22.4. The molecule has 0 spiro atoms. The van der Waals surface area contributed by atoms with Gasteiger partial charge >= 0.3 is 0 Å². The van der Waals surface area contributed by atoms with E-state index >= 15 is 0 Å². The van der Waals surface area contributed by atoms with Crippen molar-refractivity contribution in [3.05, 3.63) is 113 Å². The number of carbonyl (C=O) groups excluding carboxylic acids is 1. The maximum atomic E-state index is 13.5. The van der Waals surface area contributed by atoms with Crippen LogP contribution in [-0.4, -0.2) is 54.0 Å². The van der Waals surface area contributed by atoms with Gasteiger partial charge in [0, 0.05) is 37.8 Å². The molecule has 0 aliphatic carbocycles. The Hall–Kier alpha value is -3.35. The molecule has 0 aromatic heterocycles. The van der Waals surface area contributed by atoms with E-state index in [2.05, 4.69) is 18.7 Å². The summed E-state index contributed by atoms with van der Waals surface area (Å²) in [6.07, 6.45) is 3.07. The first-order chi connectivity index (χ1) is 17.4. The second kappa shape index (κ2) is 12.1. The summed E-state index contributed by atoms with van der Waals surface area (Å²) in [7, 11) is 0. The average molecular weight is 491 g/mol. The van der Waals surface area contributed by atoms with E-state index in [0.29, 0.717) is 19.7 Å². The van der Waals surface area contributed by atoms with Gasteiger partial charge in [0.15, 0.2) is 0 Å². The van der Waals surface area contributed by atoms with Crippen molar-refractivity contribution in [2.45, 2.75) is 32.0 Å². The Kier molecular flexibility index (Phi) is 8.62. The zero-order chi connectivity index (χ0) is 25.5. The van der Waals surface area contributed by atoms with E-state index in [4.69, 9.17) is 4.74 Å². The minimum Gasteiger partial charge on any atom is -0.367 e. The van der Waals surface area contributed by atoms with E-state index < -0.39 is 6.10 Å². The molecule has 1 fully saturated rings. The van der Waals surface area contributed by atoms with Gasteiger partial charge < -0.3 is 9.64 Å². The van der Waals surface area contributed by atoms with Gasteiger partial charge in [-0.1, -0.05) is 54.6 Å². The molecule has 1 saturated heterocycles. The highest BCUT2D eigenvalue weighted by Gasteiger charge is 2.31. The molecule has 1 aliphatic heterocycles.